The van der Waals surface area contributed by atoms with E-state index in [4.69, 9.17) is 23.2 Å². The van der Waals surface area contributed by atoms with Gasteiger partial charge in [0.1, 0.15) is 4.90 Å². The van der Waals surface area contributed by atoms with Crippen molar-refractivity contribution in [2.75, 3.05) is 0 Å². The van der Waals surface area contributed by atoms with Gasteiger partial charge < -0.3 is 5.32 Å². The van der Waals surface area contributed by atoms with Gasteiger partial charge in [-0.2, -0.15) is 4.72 Å². The van der Waals surface area contributed by atoms with Crippen LogP contribution in [0.15, 0.2) is 53.4 Å². The number of rotatable bonds is 6. The van der Waals surface area contributed by atoms with Crippen molar-refractivity contribution < 1.29 is 13.2 Å². The van der Waals surface area contributed by atoms with Gasteiger partial charge in [0.15, 0.2) is 0 Å². The summed E-state index contributed by atoms with van der Waals surface area (Å²) in [6.07, 6.45) is 0. The molecule has 134 valence electrons. The Balaban J connectivity index is 2.08. The highest BCUT2D eigenvalue weighted by molar-refractivity contribution is 7.89. The van der Waals surface area contributed by atoms with Crippen LogP contribution >= 0.6 is 23.2 Å². The van der Waals surface area contributed by atoms with E-state index in [0.717, 1.165) is 5.56 Å². The molecule has 2 aromatic rings. The molecule has 0 saturated heterocycles. The highest BCUT2D eigenvalue weighted by atomic mass is 35.5. The maximum absolute atomic E-state index is 12.4. The Morgan fingerprint density at radius 1 is 1.04 bits per heavy atom. The number of nitrogens with one attached hydrogen (secondary N) is 2. The molecule has 0 radical (unpaired) electrons. The summed E-state index contributed by atoms with van der Waals surface area (Å²) in [5, 5.41) is 3.04. The summed E-state index contributed by atoms with van der Waals surface area (Å²) >= 11 is 11.8. The third kappa shape index (κ3) is 5.19. The topological polar surface area (TPSA) is 75.3 Å². The summed E-state index contributed by atoms with van der Waals surface area (Å²) in [4.78, 5) is 12.1. The third-order valence-electron chi connectivity index (χ3n) is 3.57. The van der Waals surface area contributed by atoms with Gasteiger partial charge in [0.2, 0.25) is 15.9 Å². The fraction of sp³-hybridized carbons (Fsp3) is 0.235. The molecule has 0 saturated carbocycles. The lowest BCUT2D eigenvalue weighted by Crippen LogP contribution is -2.45. The quantitative estimate of drug-likeness (QED) is 0.778. The molecule has 0 fully saturated rings. The van der Waals surface area contributed by atoms with Crippen LogP contribution in [-0.2, 0) is 14.8 Å². The van der Waals surface area contributed by atoms with E-state index in [9.17, 15) is 13.2 Å². The molecule has 0 aliphatic rings. The summed E-state index contributed by atoms with van der Waals surface area (Å²) in [5.41, 5.74) is 0.920. The first-order valence-electron chi connectivity index (χ1n) is 7.53. The molecular weight excluding hydrogens is 383 g/mol. The highest BCUT2D eigenvalue weighted by Crippen LogP contribution is 2.25. The number of halogens is 2. The molecule has 0 aliphatic carbocycles. The van der Waals surface area contributed by atoms with E-state index in [1.54, 1.807) is 0 Å². The van der Waals surface area contributed by atoms with Crippen LogP contribution in [0.25, 0.3) is 0 Å². The lowest BCUT2D eigenvalue weighted by Gasteiger charge is -2.19. The molecule has 0 spiro atoms. The standard InChI is InChI=1S/C17H18Cl2N2O3S/c1-11(13-6-4-3-5-7-13)20-17(22)12(2)21-25(23,24)16-10-14(18)8-9-15(16)19/h3-12,21H,1-2H3,(H,20,22)/t11-,12-/m0/s1. The second-order valence-electron chi connectivity index (χ2n) is 5.56. The van der Waals surface area contributed by atoms with E-state index in [1.165, 1.54) is 25.1 Å². The van der Waals surface area contributed by atoms with Gasteiger partial charge in [0.05, 0.1) is 17.1 Å². The average molecular weight is 401 g/mol. The maximum atomic E-state index is 12.4. The number of hydrogen-bond acceptors (Lipinski definition) is 3. The van der Waals surface area contributed by atoms with Crippen molar-refractivity contribution in [3.8, 4) is 0 Å². The molecule has 2 atom stereocenters. The molecule has 0 aromatic heterocycles. The van der Waals surface area contributed by atoms with Gasteiger partial charge in [0.25, 0.3) is 0 Å². The van der Waals surface area contributed by atoms with Gasteiger partial charge in [-0.1, -0.05) is 53.5 Å². The first-order valence-corrected chi connectivity index (χ1v) is 9.77. The number of hydrogen-bond donors (Lipinski definition) is 2. The van der Waals surface area contributed by atoms with Crippen LogP contribution in [0.2, 0.25) is 10.0 Å². The molecule has 0 unspecified atom stereocenters. The van der Waals surface area contributed by atoms with E-state index in [1.807, 2.05) is 37.3 Å². The molecule has 2 aromatic carbocycles. The number of sulfonamides is 1. The maximum Gasteiger partial charge on any atom is 0.242 e. The minimum absolute atomic E-state index is 0.0298. The minimum Gasteiger partial charge on any atom is -0.348 e. The summed E-state index contributed by atoms with van der Waals surface area (Å²) in [6.45, 7) is 3.28. The van der Waals surface area contributed by atoms with E-state index < -0.39 is 22.0 Å². The van der Waals surface area contributed by atoms with Crippen LogP contribution in [0.5, 0.6) is 0 Å². The van der Waals surface area contributed by atoms with Crippen molar-refractivity contribution in [3.05, 3.63) is 64.1 Å². The van der Waals surface area contributed by atoms with Crippen LogP contribution in [0, 0.1) is 0 Å². The Bertz CT molecular complexity index is 857. The lowest BCUT2D eigenvalue weighted by molar-refractivity contribution is -0.123. The predicted molar refractivity (Wildman–Crippen MR) is 99.2 cm³/mol. The molecule has 25 heavy (non-hydrogen) atoms. The Kier molecular flexibility index (Phi) is 6.46. The zero-order chi connectivity index (χ0) is 18.6. The SMILES string of the molecule is C[C@H](NS(=O)(=O)c1cc(Cl)ccc1Cl)C(=O)N[C@@H](C)c1ccccc1. The van der Waals surface area contributed by atoms with Gasteiger partial charge >= 0.3 is 0 Å². The fourth-order valence-corrected chi connectivity index (χ4v) is 4.16. The average Bonchev–Trinajstić information content (AvgIpc) is 2.57. The van der Waals surface area contributed by atoms with Gasteiger partial charge in [-0.25, -0.2) is 8.42 Å². The van der Waals surface area contributed by atoms with Crippen LogP contribution in [-0.4, -0.2) is 20.4 Å². The molecule has 1 amide bonds. The van der Waals surface area contributed by atoms with E-state index >= 15 is 0 Å². The third-order valence-corrected chi connectivity index (χ3v) is 5.82. The Labute approximate surface area is 157 Å². The smallest absolute Gasteiger partial charge is 0.242 e. The van der Waals surface area contributed by atoms with Crippen molar-refractivity contribution in [2.45, 2.75) is 30.8 Å². The van der Waals surface area contributed by atoms with E-state index in [0.29, 0.717) is 0 Å². The molecule has 8 heteroatoms. The monoisotopic (exact) mass is 400 g/mol. The van der Waals surface area contributed by atoms with Crippen LogP contribution in [0.3, 0.4) is 0 Å². The summed E-state index contributed by atoms with van der Waals surface area (Å²) in [5.74, 6) is -0.446. The van der Waals surface area contributed by atoms with Crippen LogP contribution in [0.1, 0.15) is 25.5 Å². The first kappa shape index (κ1) is 19.7. The molecule has 2 rings (SSSR count). The number of carbonyl (C=O) groups excluding carboxylic acids is 1. The lowest BCUT2D eigenvalue weighted by atomic mass is 10.1. The Morgan fingerprint density at radius 2 is 1.68 bits per heavy atom. The van der Waals surface area contributed by atoms with Crippen molar-refractivity contribution in [2.24, 2.45) is 0 Å². The minimum atomic E-state index is -3.99. The Morgan fingerprint density at radius 3 is 2.32 bits per heavy atom. The molecular formula is C17H18Cl2N2O3S. The largest absolute Gasteiger partial charge is 0.348 e. The Hall–Kier alpha value is -1.60. The molecule has 5 nitrogen and oxygen atoms in total. The molecule has 0 heterocycles. The molecule has 0 bridgehead atoms. The zero-order valence-corrected chi connectivity index (χ0v) is 16.0. The van der Waals surface area contributed by atoms with Gasteiger partial charge in [-0.15, -0.1) is 0 Å². The number of amides is 1. The van der Waals surface area contributed by atoms with E-state index in [-0.39, 0.29) is 21.0 Å². The summed E-state index contributed by atoms with van der Waals surface area (Å²) < 4.78 is 27.2. The summed E-state index contributed by atoms with van der Waals surface area (Å²) in [6, 6.07) is 12.3. The summed E-state index contributed by atoms with van der Waals surface area (Å²) in [7, 11) is -3.99. The predicted octanol–water partition coefficient (Wildman–Crippen LogP) is 3.54. The van der Waals surface area contributed by atoms with Crippen molar-refractivity contribution in [1.82, 2.24) is 10.0 Å². The zero-order valence-electron chi connectivity index (χ0n) is 13.7. The van der Waals surface area contributed by atoms with Crippen molar-refractivity contribution in [3.63, 3.8) is 0 Å². The fourth-order valence-electron chi connectivity index (χ4n) is 2.20. The van der Waals surface area contributed by atoms with Crippen molar-refractivity contribution in [1.29, 1.82) is 0 Å². The number of benzene rings is 2. The van der Waals surface area contributed by atoms with Gasteiger partial charge in [0, 0.05) is 5.02 Å². The highest BCUT2D eigenvalue weighted by Gasteiger charge is 2.25. The van der Waals surface area contributed by atoms with Crippen molar-refractivity contribution >= 4 is 39.1 Å². The second-order valence-corrected chi connectivity index (χ2v) is 8.08. The van der Waals surface area contributed by atoms with Crippen LogP contribution < -0.4 is 10.0 Å². The first-order chi connectivity index (χ1) is 11.7. The van der Waals surface area contributed by atoms with Gasteiger partial charge in [-0.3, -0.25) is 4.79 Å². The normalized spacial score (nSPS) is 13.9. The van der Waals surface area contributed by atoms with Crippen LogP contribution in [0.4, 0.5) is 0 Å². The number of carbonyl (C=O) groups is 1. The molecule has 2 N–H and O–H groups in total. The second kappa shape index (κ2) is 8.19. The van der Waals surface area contributed by atoms with E-state index in [2.05, 4.69) is 10.0 Å². The van der Waals surface area contributed by atoms with Gasteiger partial charge in [-0.05, 0) is 37.6 Å². The molecule has 0 aliphatic heterocycles.